The lowest BCUT2D eigenvalue weighted by Gasteiger charge is -2.42. The number of nitrogens with zero attached hydrogens (tertiary/aromatic N) is 2. The summed E-state index contributed by atoms with van der Waals surface area (Å²) in [6, 6.07) is 15.0. The first-order chi connectivity index (χ1) is 14.2. The number of furan rings is 1. The van der Waals surface area contributed by atoms with Crippen LogP contribution in [-0.4, -0.2) is 9.97 Å². The highest BCUT2D eigenvalue weighted by Gasteiger charge is 2.35. The van der Waals surface area contributed by atoms with Crippen LogP contribution in [0.3, 0.4) is 0 Å². The Balaban J connectivity index is 1.39. The van der Waals surface area contributed by atoms with E-state index in [0.717, 1.165) is 51.1 Å². The fourth-order valence-corrected chi connectivity index (χ4v) is 5.79. The fraction of sp³-hybridized carbons (Fsp3) is 0.385. The number of benzene rings is 1. The van der Waals surface area contributed by atoms with Crippen LogP contribution in [-0.2, 0) is 6.42 Å². The Labute approximate surface area is 171 Å². The topological polar surface area (TPSA) is 38.9 Å². The maximum Gasteiger partial charge on any atom is 0.227 e. The summed E-state index contributed by atoms with van der Waals surface area (Å²) in [6.07, 6.45) is 10.4. The summed E-state index contributed by atoms with van der Waals surface area (Å²) in [4.78, 5) is 9.29. The summed E-state index contributed by atoms with van der Waals surface area (Å²) in [6.45, 7) is 2.00. The van der Waals surface area contributed by atoms with E-state index < -0.39 is 0 Å². The predicted octanol–water partition coefficient (Wildman–Crippen LogP) is 6.72. The Morgan fingerprint density at radius 1 is 1.00 bits per heavy atom. The first-order valence-corrected chi connectivity index (χ1v) is 11.0. The quantitative estimate of drug-likeness (QED) is 0.395. The molecule has 3 fully saturated rings. The molecular weight excluding hydrogens is 356 g/mol. The number of aromatic nitrogens is 2. The van der Waals surface area contributed by atoms with Gasteiger partial charge >= 0.3 is 0 Å². The van der Waals surface area contributed by atoms with E-state index in [1.807, 2.05) is 19.2 Å². The summed E-state index contributed by atoms with van der Waals surface area (Å²) < 4.78 is 6.20. The summed E-state index contributed by atoms with van der Waals surface area (Å²) in [5, 5.41) is 2.18. The molecule has 29 heavy (non-hydrogen) atoms. The maximum atomic E-state index is 6.20. The van der Waals surface area contributed by atoms with Crippen molar-refractivity contribution in [1.29, 1.82) is 0 Å². The molecule has 3 aliphatic rings. The number of para-hydroxylation sites is 1. The first-order valence-electron chi connectivity index (χ1n) is 11.0. The Morgan fingerprint density at radius 3 is 2.72 bits per heavy atom. The van der Waals surface area contributed by atoms with Crippen molar-refractivity contribution in [2.24, 2.45) is 17.8 Å². The van der Waals surface area contributed by atoms with Crippen LogP contribution in [0.2, 0.25) is 0 Å². The van der Waals surface area contributed by atoms with Crippen LogP contribution in [0.25, 0.3) is 33.3 Å². The molecule has 1 aromatic carbocycles. The van der Waals surface area contributed by atoms with Crippen molar-refractivity contribution in [3.05, 3.63) is 59.9 Å². The van der Waals surface area contributed by atoms with E-state index in [0.29, 0.717) is 5.71 Å². The van der Waals surface area contributed by atoms with Crippen LogP contribution < -0.4 is 0 Å². The molecule has 2 bridgehead atoms. The van der Waals surface area contributed by atoms with Gasteiger partial charge in [-0.2, -0.15) is 0 Å². The van der Waals surface area contributed by atoms with E-state index >= 15 is 0 Å². The van der Waals surface area contributed by atoms with Gasteiger partial charge in [0.15, 0.2) is 0 Å². The van der Waals surface area contributed by atoms with Gasteiger partial charge in [0.1, 0.15) is 5.58 Å². The van der Waals surface area contributed by atoms with E-state index in [4.69, 9.17) is 9.40 Å². The molecule has 3 aliphatic carbocycles. The van der Waals surface area contributed by atoms with Crippen molar-refractivity contribution in [1.82, 2.24) is 9.97 Å². The molecule has 3 aromatic heterocycles. The maximum absolute atomic E-state index is 6.20. The number of fused-ring (bicyclic) bond motifs is 6. The summed E-state index contributed by atoms with van der Waals surface area (Å²) >= 11 is 0. The molecule has 0 spiro atoms. The van der Waals surface area contributed by atoms with Crippen molar-refractivity contribution in [2.45, 2.75) is 45.4 Å². The van der Waals surface area contributed by atoms with Crippen LogP contribution >= 0.6 is 0 Å². The number of aryl methyl sites for hydroxylation is 1. The van der Waals surface area contributed by atoms with Crippen molar-refractivity contribution in [3.63, 3.8) is 0 Å². The van der Waals surface area contributed by atoms with Gasteiger partial charge in [0.25, 0.3) is 0 Å². The molecule has 0 saturated heterocycles. The van der Waals surface area contributed by atoms with Crippen LogP contribution in [0.5, 0.6) is 0 Å². The van der Waals surface area contributed by atoms with Gasteiger partial charge in [0.2, 0.25) is 5.71 Å². The van der Waals surface area contributed by atoms with Crippen LogP contribution in [0.1, 0.15) is 43.4 Å². The summed E-state index contributed by atoms with van der Waals surface area (Å²) in [5.74, 6) is 2.77. The summed E-state index contributed by atoms with van der Waals surface area (Å²) in [7, 11) is 0. The second-order valence-corrected chi connectivity index (χ2v) is 9.12. The molecule has 4 aromatic rings. The lowest BCUT2D eigenvalue weighted by molar-refractivity contribution is 0.0991. The molecule has 3 heteroatoms. The van der Waals surface area contributed by atoms with E-state index in [-0.39, 0.29) is 0 Å². The highest BCUT2D eigenvalue weighted by molar-refractivity contribution is 6.08. The zero-order chi connectivity index (χ0) is 19.4. The van der Waals surface area contributed by atoms with E-state index in [2.05, 4.69) is 41.4 Å². The predicted molar refractivity (Wildman–Crippen MR) is 117 cm³/mol. The van der Waals surface area contributed by atoms with Gasteiger partial charge in [-0.25, -0.2) is 4.98 Å². The minimum atomic E-state index is 0.710. The largest absolute Gasteiger partial charge is 0.437 e. The smallest absolute Gasteiger partial charge is 0.227 e. The molecule has 0 N–H and O–H groups in total. The Hall–Kier alpha value is -2.68. The van der Waals surface area contributed by atoms with Crippen molar-refractivity contribution < 1.29 is 4.42 Å². The summed E-state index contributed by atoms with van der Waals surface area (Å²) in [5.41, 5.74) is 6.05. The Kier molecular flexibility index (Phi) is 3.97. The molecule has 3 heterocycles. The highest BCUT2D eigenvalue weighted by Crippen LogP contribution is 2.46. The van der Waals surface area contributed by atoms with Crippen LogP contribution in [0.15, 0.2) is 53.1 Å². The van der Waals surface area contributed by atoms with E-state index in [1.54, 1.807) is 0 Å². The van der Waals surface area contributed by atoms with Crippen molar-refractivity contribution in [2.75, 3.05) is 0 Å². The average Bonchev–Trinajstić information content (AvgIpc) is 3.12. The molecular formula is C26H26N2O. The number of rotatable bonds is 3. The van der Waals surface area contributed by atoms with Gasteiger partial charge in [-0.05, 0) is 86.3 Å². The molecule has 7 rings (SSSR count). The zero-order valence-corrected chi connectivity index (χ0v) is 16.9. The SMILES string of the molecule is Cc1ccc2c(n1)oc1c(-c3cc(CC4CC5CCC4CC5)ccn3)cccc12. The molecule has 0 radical (unpaired) electrons. The molecule has 0 aliphatic heterocycles. The first kappa shape index (κ1) is 17.2. The third-order valence-corrected chi connectivity index (χ3v) is 7.30. The normalized spacial score (nSPS) is 23.8. The van der Waals surface area contributed by atoms with Gasteiger partial charge in [0, 0.05) is 28.2 Å². The van der Waals surface area contributed by atoms with Gasteiger partial charge in [-0.3, -0.25) is 4.98 Å². The molecule has 0 amide bonds. The number of hydrogen-bond acceptors (Lipinski definition) is 3. The third-order valence-electron chi connectivity index (χ3n) is 7.30. The van der Waals surface area contributed by atoms with Gasteiger partial charge in [-0.1, -0.05) is 25.0 Å². The lowest BCUT2D eigenvalue weighted by atomic mass is 9.63. The molecule has 1 unspecified atom stereocenters. The standard InChI is InChI=1S/C26H26N2O/c1-16-5-10-22-21-3-2-4-23(25(21)29-26(22)28-16)24-15-18(11-12-27-24)14-20-13-17-6-8-19(20)9-7-17/h2-5,10-12,15,17,19-20H,6-9,13-14H2,1H3. The van der Waals surface area contributed by atoms with Gasteiger partial charge < -0.3 is 4.42 Å². The fourth-order valence-electron chi connectivity index (χ4n) is 5.79. The number of hydrogen-bond donors (Lipinski definition) is 0. The second kappa shape index (κ2) is 6.69. The monoisotopic (exact) mass is 382 g/mol. The highest BCUT2D eigenvalue weighted by atomic mass is 16.3. The Morgan fingerprint density at radius 2 is 1.90 bits per heavy atom. The average molecular weight is 383 g/mol. The van der Waals surface area contributed by atoms with E-state index in [9.17, 15) is 0 Å². The van der Waals surface area contributed by atoms with Gasteiger partial charge in [-0.15, -0.1) is 0 Å². The second-order valence-electron chi connectivity index (χ2n) is 9.12. The van der Waals surface area contributed by atoms with Crippen molar-refractivity contribution >= 4 is 22.1 Å². The third kappa shape index (κ3) is 2.95. The molecule has 3 saturated carbocycles. The molecule has 3 nitrogen and oxygen atoms in total. The molecule has 1 atom stereocenters. The zero-order valence-electron chi connectivity index (χ0n) is 16.9. The van der Waals surface area contributed by atoms with Crippen molar-refractivity contribution in [3.8, 4) is 11.3 Å². The van der Waals surface area contributed by atoms with Crippen LogP contribution in [0, 0.1) is 24.7 Å². The minimum absolute atomic E-state index is 0.710. The van der Waals surface area contributed by atoms with Crippen LogP contribution in [0.4, 0.5) is 0 Å². The lowest BCUT2D eigenvalue weighted by Crippen LogP contribution is -2.32. The Bertz CT molecular complexity index is 1200. The van der Waals surface area contributed by atoms with E-state index in [1.165, 1.54) is 44.1 Å². The van der Waals surface area contributed by atoms with Gasteiger partial charge in [0.05, 0.1) is 5.69 Å². The molecule has 146 valence electrons. The minimum Gasteiger partial charge on any atom is -0.437 e. The number of pyridine rings is 2.